The minimum atomic E-state index is -0.877. The molecular formula is C18H18Cl2PPd+. The van der Waals surface area contributed by atoms with Crippen LogP contribution >= 0.6 is 32.7 Å². The number of halogens is 2. The molecule has 3 aromatic rings. The first kappa shape index (κ1) is 21.3. The van der Waals surface area contributed by atoms with Gasteiger partial charge in [0.05, 0.1) is 7.92 Å². The Labute approximate surface area is 159 Å². The monoisotopic (exact) mass is 441 g/mol. The van der Waals surface area contributed by atoms with Gasteiger partial charge in [-0.25, -0.2) is 0 Å². The molecule has 0 aromatic heterocycles. The van der Waals surface area contributed by atoms with Gasteiger partial charge in [-0.2, -0.15) is 0 Å². The van der Waals surface area contributed by atoms with Crippen molar-refractivity contribution in [1.82, 2.24) is 0 Å². The van der Waals surface area contributed by atoms with E-state index in [1.54, 1.807) is 0 Å². The van der Waals surface area contributed by atoms with E-state index in [9.17, 15) is 0 Å². The number of hydrogen-bond acceptors (Lipinski definition) is 0. The Morgan fingerprint density at radius 3 is 0.864 bits per heavy atom. The van der Waals surface area contributed by atoms with Gasteiger partial charge in [-0.05, 0) is 36.4 Å². The molecule has 0 nitrogen and oxygen atoms in total. The first-order valence-corrected chi connectivity index (χ1v) is 7.98. The van der Waals surface area contributed by atoms with Crippen molar-refractivity contribution in [1.29, 1.82) is 0 Å². The summed E-state index contributed by atoms with van der Waals surface area (Å²) in [7, 11) is -0.877. The molecule has 0 spiro atoms. The van der Waals surface area contributed by atoms with Gasteiger partial charge in [0.1, 0.15) is 15.9 Å². The molecule has 3 aromatic carbocycles. The van der Waals surface area contributed by atoms with Gasteiger partial charge in [-0.15, -0.1) is 24.8 Å². The van der Waals surface area contributed by atoms with Crippen LogP contribution < -0.4 is 15.9 Å². The molecule has 0 aliphatic carbocycles. The first-order chi connectivity index (χ1) is 9.45. The van der Waals surface area contributed by atoms with Crippen molar-refractivity contribution in [2.45, 2.75) is 0 Å². The Bertz CT molecular complexity index is 539. The van der Waals surface area contributed by atoms with Crippen molar-refractivity contribution >= 4 is 48.6 Å². The van der Waals surface area contributed by atoms with Crippen LogP contribution in [0.15, 0.2) is 91.0 Å². The van der Waals surface area contributed by atoms with Gasteiger partial charge in [-0.3, -0.25) is 0 Å². The third kappa shape index (κ3) is 5.20. The molecule has 3 rings (SSSR count). The maximum Gasteiger partial charge on any atom is 0.102 e. The summed E-state index contributed by atoms with van der Waals surface area (Å²) < 4.78 is 0. The Kier molecular flexibility index (Phi) is 10.6. The van der Waals surface area contributed by atoms with Crippen LogP contribution in [0.4, 0.5) is 0 Å². The average Bonchev–Trinajstić information content (AvgIpc) is 2.51. The molecular weight excluding hydrogens is 424 g/mol. The van der Waals surface area contributed by atoms with E-state index >= 15 is 0 Å². The quantitative estimate of drug-likeness (QED) is 0.425. The van der Waals surface area contributed by atoms with E-state index in [1.807, 2.05) is 0 Å². The third-order valence-corrected chi connectivity index (χ3v) is 5.92. The largest absolute Gasteiger partial charge is 0.147 e. The average molecular weight is 443 g/mol. The fourth-order valence-corrected chi connectivity index (χ4v) is 4.89. The predicted octanol–water partition coefficient (Wildman–Crippen LogP) is 4.02. The summed E-state index contributed by atoms with van der Waals surface area (Å²) in [5, 5.41) is 4.31. The van der Waals surface area contributed by atoms with E-state index < -0.39 is 7.92 Å². The molecule has 0 N–H and O–H groups in total. The van der Waals surface area contributed by atoms with Gasteiger partial charge in [-0.1, -0.05) is 54.6 Å². The Hall–Kier alpha value is -0.668. The molecule has 0 unspecified atom stereocenters. The normalized spacial score (nSPS) is 9.14. The van der Waals surface area contributed by atoms with Crippen LogP contribution in [0.25, 0.3) is 0 Å². The zero-order valence-corrected chi connectivity index (χ0v) is 16.0. The van der Waals surface area contributed by atoms with Crippen LogP contribution in [0.1, 0.15) is 0 Å². The number of rotatable bonds is 3. The maximum absolute atomic E-state index is 2.24. The van der Waals surface area contributed by atoms with E-state index in [-0.39, 0.29) is 45.2 Å². The topological polar surface area (TPSA) is 0 Å². The summed E-state index contributed by atoms with van der Waals surface area (Å²) in [6, 6.07) is 32.5. The molecule has 0 radical (unpaired) electrons. The second-order valence-electron chi connectivity index (χ2n) is 4.47. The van der Waals surface area contributed by atoms with E-state index in [2.05, 4.69) is 91.0 Å². The molecule has 0 fully saturated rings. The smallest absolute Gasteiger partial charge is 0.102 e. The summed E-state index contributed by atoms with van der Waals surface area (Å²) in [6.45, 7) is 0. The van der Waals surface area contributed by atoms with Crippen LogP contribution in [0.2, 0.25) is 0 Å². The van der Waals surface area contributed by atoms with Crippen LogP contribution in [-0.2, 0) is 20.4 Å². The second kappa shape index (κ2) is 11.0. The van der Waals surface area contributed by atoms with Crippen molar-refractivity contribution in [3.8, 4) is 0 Å². The van der Waals surface area contributed by atoms with Gasteiger partial charge in [0.15, 0.2) is 0 Å². The number of hydrogen-bond donors (Lipinski definition) is 0. The van der Waals surface area contributed by atoms with Crippen molar-refractivity contribution in [3.63, 3.8) is 0 Å². The van der Waals surface area contributed by atoms with Crippen LogP contribution in [0, 0.1) is 0 Å². The molecule has 0 heterocycles. The molecule has 0 aliphatic heterocycles. The van der Waals surface area contributed by atoms with Gasteiger partial charge >= 0.3 is 0 Å². The summed E-state index contributed by atoms with van der Waals surface area (Å²) in [5.41, 5.74) is 0. The second-order valence-corrected chi connectivity index (χ2v) is 6.96. The zero-order valence-electron chi connectivity index (χ0n) is 11.8. The summed E-state index contributed by atoms with van der Waals surface area (Å²) in [6.07, 6.45) is 0. The summed E-state index contributed by atoms with van der Waals surface area (Å²) in [4.78, 5) is 0. The molecule has 0 bridgehead atoms. The van der Waals surface area contributed by atoms with Crippen LogP contribution in [0.5, 0.6) is 0 Å². The predicted molar refractivity (Wildman–Crippen MR) is 101 cm³/mol. The Morgan fingerprint density at radius 1 is 0.409 bits per heavy atom. The molecule has 22 heavy (non-hydrogen) atoms. The van der Waals surface area contributed by atoms with Gasteiger partial charge in [0, 0.05) is 20.4 Å². The van der Waals surface area contributed by atoms with E-state index in [0.717, 1.165) is 0 Å². The van der Waals surface area contributed by atoms with E-state index in [4.69, 9.17) is 0 Å². The molecule has 0 saturated carbocycles. The maximum atomic E-state index is 2.24. The van der Waals surface area contributed by atoms with Gasteiger partial charge in [0.25, 0.3) is 0 Å². The summed E-state index contributed by atoms with van der Waals surface area (Å²) >= 11 is 0. The Morgan fingerprint density at radius 2 is 0.636 bits per heavy atom. The fourth-order valence-electron chi connectivity index (χ4n) is 2.31. The minimum Gasteiger partial charge on any atom is -0.147 e. The Balaban J connectivity index is 0.00000147. The van der Waals surface area contributed by atoms with Crippen LogP contribution in [0.3, 0.4) is 0 Å². The third-order valence-electron chi connectivity index (χ3n) is 3.19. The van der Waals surface area contributed by atoms with Crippen molar-refractivity contribution in [3.05, 3.63) is 91.0 Å². The standard InChI is InChI=1S/C18H15P.2ClH.Pd/c1-4-10-16(11-5-1)19(17-12-6-2-7-13-17)18-14-8-3-9-15-18;;;/h1-15H;2*1H;/p+1. The first-order valence-electron chi connectivity index (χ1n) is 6.48. The van der Waals surface area contributed by atoms with Gasteiger partial charge in [0.2, 0.25) is 0 Å². The van der Waals surface area contributed by atoms with E-state index in [1.165, 1.54) is 15.9 Å². The van der Waals surface area contributed by atoms with Crippen LogP contribution in [-0.4, -0.2) is 0 Å². The minimum absolute atomic E-state index is 0. The SMILES string of the molecule is Cl.Cl.[Pd].c1ccc([PH+](c2ccccc2)c2ccccc2)cc1. The molecule has 0 aliphatic rings. The molecule has 4 heteroatoms. The van der Waals surface area contributed by atoms with Gasteiger partial charge < -0.3 is 0 Å². The van der Waals surface area contributed by atoms with Crippen molar-refractivity contribution in [2.24, 2.45) is 0 Å². The summed E-state index contributed by atoms with van der Waals surface area (Å²) in [5.74, 6) is 0. The van der Waals surface area contributed by atoms with Crippen molar-refractivity contribution in [2.75, 3.05) is 0 Å². The molecule has 118 valence electrons. The molecule has 0 amide bonds. The molecule has 0 saturated heterocycles. The number of benzene rings is 3. The molecule has 0 atom stereocenters. The zero-order chi connectivity index (χ0) is 12.9. The fraction of sp³-hybridized carbons (Fsp3) is 0. The van der Waals surface area contributed by atoms with E-state index in [0.29, 0.717) is 0 Å². The van der Waals surface area contributed by atoms with Crippen molar-refractivity contribution < 1.29 is 20.4 Å².